The maximum atomic E-state index is 11.3. The molecule has 15 heavy (non-hydrogen) atoms. The van der Waals surface area contributed by atoms with E-state index in [1.807, 2.05) is 0 Å². The topological polar surface area (TPSA) is 105 Å². The van der Waals surface area contributed by atoms with Gasteiger partial charge in [0, 0.05) is 0 Å². The first-order valence-electron chi connectivity index (χ1n) is 4.27. The fraction of sp³-hybridized carbons (Fsp3) is 0.667. The molecule has 0 aromatic heterocycles. The van der Waals surface area contributed by atoms with Crippen molar-refractivity contribution in [3.8, 4) is 0 Å². The molecule has 0 aliphatic carbocycles. The Balaban J connectivity index is 2.09. The van der Waals surface area contributed by atoms with Crippen LogP contribution in [0.5, 0.6) is 0 Å². The summed E-state index contributed by atoms with van der Waals surface area (Å²) < 4.78 is 10.4. The second-order valence-corrected chi connectivity index (χ2v) is 22.3. The average molecular weight is 357 g/mol. The van der Waals surface area contributed by atoms with Gasteiger partial charge in [-0.1, -0.05) is 0 Å². The third-order valence-electron chi connectivity index (χ3n) is 1.94. The summed E-state index contributed by atoms with van der Waals surface area (Å²) in [5.74, 6) is 0.00939. The van der Waals surface area contributed by atoms with Gasteiger partial charge in [0.2, 0.25) is 0 Å². The summed E-state index contributed by atoms with van der Waals surface area (Å²) >= 11 is -3.59. The fourth-order valence-corrected chi connectivity index (χ4v) is 20.8. The van der Waals surface area contributed by atoms with Gasteiger partial charge in [0.25, 0.3) is 0 Å². The van der Waals surface area contributed by atoms with Crippen LogP contribution in [-0.4, -0.2) is 52.0 Å². The van der Waals surface area contributed by atoms with Crippen LogP contribution < -0.4 is 11.5 Å². The predicted octanol–water partition coefficient (Wildman–Crippen LogP) is -1.34. The van der Waals surface area contributed by atoms with Crippen molar-refractivity contribution in [2.45, 2.75) is 12.1 Å². The van der Waals surface area contributed by atoms with Gasteiger partial charge in [-0.25, -0.2) is 0 Å². The van der Waals surface area contributed by atoms with Crippen molar-refractivity contribution in [2.24, 2.45) is 11.5 Å². The van der Waals surface area contributed by atoms with Crippen LogP contribution in [0.4, 0.5) is 0 Å². The van der Waals surface area contributed by atoms with Gasteiger partial charge in [-0.3, -0.25) is 0 Å². The zero-order valence-electron chi connectivity index (χ0n) is 7.67. The van der Waals surface area contributed by atoms with E-state index in [9.17, 15) is 9.59 Å². The van der Waals surface area contributed by atoms with Crippen molar-refractivity contribution in [2.75, 3.05) is 11.5 Å². The Kier molecular flexibility index (Phi) is 3.41. The van der Waals surface area contributed by atoms with E-state index in [1.165, 1.54) is 17.9 Å². The van der Waals surface area contributed by atoms with Crippen LogP contribution in [0.1, 0.15) is 0 Å². The summed E-state index contributed by atoms with van der Waals surface area (Å²) in [4.78, 5) is 22.6. The van der Waals surface area contributed by atoms with Gasteiger partial charge in [-0.15, -0.1) is 0 Å². The van der Waals surface area contributed by atoms with Crippen molar-refractivity contribution in [3.63, 3.8) is 0 Å². The third kappa shape index (κ3) is 2.38. The quantitative estimate of drug-likeness (QED) is 0.514. The molecule has 0 aromatic carbocycles. The summed E-state index contributed by atoms with van der Waals surface area (Å²) in [6, 6.07) is -1.21. The van der Waals surface area contributed by atoms with E-state index >= 15 is 0 Å². The molecule has 84 valence electrons. The van der Waals surface area contributed by atoms with Gasteiger partial charge >= 0.3 is 97.1 Å². The molecule has 2 rings (SSSR count). The number of hydrogen-bond acceptors (Lipinski definition) is 8. The molecule has 1 spiro atoms. The van der Waals surface area contributed by atoms with Gasteiger partial charge in [0.05, 0.1) is 0 Å². The normalized spacial score (nSPS) is 41.2. The number of carbonyl (C=O) groups is 2. The minimum absolute atomic E-state index is 0.458. The number of rotatable bonds is 0. The van der Waals surface area contributed by atoms with Crippen molar-refractivity contribution in [1.29, 1.82) is 0 Å². The Morgan fingerprint density at radius 3 is 1.80 bits per heavy atom. The first-order valence-corrected chi connectivity index (χ1v) is 15.6. The van der Waals surface area contributed by atoms with Crippen LogP contribution in [0.3, 0.4) is 0 Å². The second kappa shape index (κ2) is 4.32. The van der Waals surface area contributed by atoms with Crippen LogP contribution >= 0.6 is 17.9 Å². The van der Waals surface area contributed by atoms with E-state index in [-0.39, 0.29) is 0 Å². The number of carbonyl (C=O) groups excluding carboxylic acids is 2. The SMILES string of the molecule is NC1C[S][Sn]2([O]C1=O)[O]C(=O)C(N)C[S]2. The van der Waals surface area contributed by atoms with Gasteiger partial charge in [-0.2, -0.15) is 0 Å². The monoisotopic (exact) mass is 358 g/mol. The molecule has 2 aliphatic rings. The Labute approximate surface area is 96.7 Å². The van der Waals surface area contributed by atoms with Crippen molar-refractivity contribution < 1.29 is 15.7 Å². The summed E-state index contributed by atoms with van der Waals surface area (Å²) in [5.41, 5.74) is 11.0. The Bertz CT molecular complexity index is 286. The molecule has 2 fully saturated rings. The van der Waals surface area contributed by atoms with Crippen molar-refractivity contribution >= 4 is 46.3 Å². The number of nitrogens with two attached hydrogens (primary N) is 2. The second-order valence-electron chi connectivity index (χ2n) is 3.18. The van der Waals surface area contributed by atoms with Gasteiger partial charge in [-0.05, 0) is 0 Å². The first-order chi connectivity index (χ1) is 7.02. The van der Waals surface area contributed by atoms with Crippen LogP contribution in [-0.2, 0) is 15.7 Å². The Hall–Kier alpha value is 0.359. The van der Waals surface area contributed by atoms with Gasteiger partial charge in [0.15, 0.2) is 0 Å². The zero-order chi connectivity index (χ0) is 11.1. The third-order valence-corrected chi connectivity index (χ3v) is 22.2. The molecule has 9 heteroatoms. The summed E-state index contributed by atoms with van der Waals surface area (Å²) in [5, 5.41) is 0. The molecular formula is C6H10N2O4S2Sn. The molecule has 2 heterocycles. The zero-order valence-corrected chi connectivity index (χ0v) is 12.2. The molecule has 2 saturated heterocycles. The summed E-state index contributed by atoms with van der Waals surface area (Å²) in [7, 11) is 2.82. The molecule has 0 saturated carbocycles. The van der Waals surface area contributed by atoms with E-state index in [2.05, 4.69) is 0 Å². The molecule has 2 unspecified atom stereocenters. The molecule has 0 amide bonds. The molecule has 0 bridgehead atoms. The van der Waals surface area contributed by atoms with E-state index in [0.29, 0.717) is 11.5 Å². The van der Waals surface area contributed by atoms with Gasteiger partial charge < -0.3 is 0 Å². The van der Waals surface area contributed by atoms with Crippen molar-refractivity contribution in [3.05, 3.63) is 0 Å². The molecule has 2 aliphatic heterocycles. The van der Waals surface area contributed by atoms with E-state index in [0.717, 1.165) is 0 Å². The molecule has 4 N–H and O–H groups in total. The average Bonchev–Trinajstić information content (AvgIpc) is 2.19. The van der Waals surface area contributed by atoms with Crippen LogP contribution in [0.25, 0.3) is 0 Å². The predicted molar refractivity (Wildman–Crippen MR) is 58.8 cm³/mol. The Morgan fingerprint density at radius 2 is 1.47 bits per heavy atom. The standard InChI is InChI=1S/2C3H7NO2S.Sn/c2*4-2(1-7)3(5)6;/h2*2,7H,1,4H2,(H,5,6);/q;;+4/p-4. The van der Waals surface area contributed by atoms with E-state index in [1.54, 1.807) is 0 Å². The summed E-state index contributed by atoms with van der Waals surface area (Å²) in [6.07, 6.45) is 0. The number of hydrogen-bond donors (Lipinski definition) is 2. The minimum atomic E-state index is -3.59. The fourth-order valence-electron chi connectivity index (χ4n) is 1.10. The summed E-state index contributed by atoms with van der Waals surface area (Å²) in [6.45, 7) is 0. The van der Waals surface area contributed by atoms with E-state index in [4.69, 9.17) is 17.6 Å². The molecule has 0 radical (unpaired) electrons. The first kappa shape index (κ1) is 11.8. The van der Waals surface area contributed by atoms with Crippen LogP contribution in [0, 0.1) is 0 Å². The maximum absolute atomic E-state index is 11.3. The van der Waals surface area contributed by atoms with E-state index < -0.39 is 40.5 Å². The molecule has 0 aromatic rings. The van der Waals surface area contributed by atoms with Crippen LogP contribution in [0.2, 0.25) is 0 Å². The Morgan fingerprint density at radius 1 is 1.07 bits per heavy atom. The molecule has 2 atom stereocenters. The molecule has 6 nitrogen and oxygen atoms in total. The van der Waals surface area contributed by atoms with Crippen molar-refractivity contribution in [1.82, 2.24) is 0 Å². The van der Waals surface area contributed by atoms with Crippen LogP contribution in [0.15, 0.2) is 0 Å². The molecular weight excluding hydrogens is 347 g/mol. The van der Waals surface area contributed by atoms with Gasteiger partial charge in [0.1, 0.15) is 0 Å².